The van der Waals surface area contributed by atoms with E-state index in [1.807, 2.05) is 18.2 Å². The highest BCUT2D eigenvalue weighted by Crippen LogP contribution is 2.21. The first-order chi connectivity index (χ1) is 14.3. The summed E-state index contributed by atoms with van der Waals surface area (Å²) in [7, 11) is 0. The summed E-state index contributed by atoms with van der Waals surface area (Å²) in [6.07, 6.45) is 2.41. The average Bonchev–Trinajstić information content (AvgIpc) is 3.50. The lowest BCUT2D eigenvalue weighted by atomic mass is 9.93. The standard InChI is InChI=1S/C23H31N3O4/c1-23(2,24-13-21(29)18-8-9-20(28)19(14-27)26-18)12-16-5-3-4-15(10-16)11-22(30)25-17-6-7-17/h3-5,8-10,17,21,24,27-29H,6-7,11-14H2,1-2H3,(H,25,30). The largest absolute Gasteiger partial charge is 0.506 e. The Morgan fingerprint density at radius 3 is 2.67 bits per heavy atom. The van der Waals surface area contributed by atoms with E-state index in [1.54, 1.807) is 6.07 Å². The SMILES string of the molecule is CC(C)(Cc1cccc(CC(=O)NC2CC2)c1)NCC(O)c1ccc(O)c(CO)n1. The summed E-state index contributed by atoms with van der Waals surface area (Å²) in [5.41, 5.74) is 2.35. The maximum Gasteiger partial charge on any atom is 0.224 e. The second-order valence-corrected chi connectivity index (χ2v) is 8.66. The van der Waals surface area contributed by atoms with Gasteiger partial charge in [0.2, 0.25) is 5.91 Å². The minimum Gasteiger partial charge on any atom is -0.506 e. The third-order valence-corrected chi connectivity index (χ3v) is 5.18. The summed E-state index contributed by atoms with van der Waals surface area (Å²) < 4.78 is 0. The number of hydrogen-bond acceptors (Lipinski definition) is 6. The first-order valence-corrected chi connectivity index (χ1v) is 10.4. The van der Waals surface area contributed by atoms with E-state index in [2.05, 4.69) is 35.5 Å². The first-order valence-electron chi connectivity index (χ1n) is 10.4. The van der Waals surface area contributed by atoms with Crippen LogP contribution in [0.3, 0.4) is 0 Å². The van der Waals surface area contributed by atoms with E-state index >= 15 is 0 Å². The van der Waals surface area contributed by atoms with E-state index in [0.29, 0.717) is 18.2 Å². The number of aliphatic hydroxyl groups is 2. The monoisotopic (exact) mass is 413 g/mol. The fourth-order valence-electron chi connectivity index (χ4n) is 3.40. The fraction of sp³-hybridized carbons (Fsp3) is 0.478. The minimum atomic E-state index is -0.868. The van der Waals surface area contributed by atoms with E-state index in [0.717, 1.165) is 30.4 Å². The van der Waals surface area contributed by atoms with Gasteiger partial charge in [-0.05, 0) is 56.4 Å². The van der Waals surface area contributed by atoms with Gasteiger partial charge in [0.1, 0.15) is 17.5 Å². The number of benzene rings is 1. The number of nitrogens with zero attached hydrogens (tertiary/aromatic N) is 1. The Hall–Kier alpha value is -2.48. The normalized spacial score (nSPS) is 15.1. The van der Waals surface area contributed by atoms with Crippen LogP contribution >= 0.6 is 0 Å². The highest BCUT2D eigenvalue weighted by atomic mass is 16.3. The molecule has 1 unspecified atom stereocenters. The van der Waals surface area contributed by atoms with Crippen molar-refractivity contribution in [1.82, 2.24) is 15.6 Å². The fourth-order valence-corrected chi connectivity index (χ4v) is 3.40. The molecule has 0 saturated heterocycles. The average molecular weight is 414 g/mol. The van der Waals surface area contributed by atoms with Crippen molar-refractivity contribution in [2.75, 3.05) is 6.54 Å². The summed E-state index contributed by atoms with van der Waals surface area (Å²) >= 11 is 0. The van der Waals surface area contributed by atoms with Crippen LogP contribution in [0.2, 0.25) is 0 Å². The molecule has 0 bridgehead atoms. The van der Waals surface area contributed by atoms with Crippen LogP contribution in [-0.2, 0) is 24.2 Å². The zero-order valence-electron chi connectivity index (χ0n) is 17.6. The number of β-amino-alcohol motifs (C(OH)–C–C–N with tert-alkyl or cyclic N) is 1. The minimum absolute atomic E-state index is 0.0683. The molecule has 1 saturated carbocycles. The van der Waals surface area contributed by atoms with E-state index in [9.17, 15) is 20.1 Å². The summed E-state index contributed by atoms with van der Waals surface area (Å²) in [6, 6.07) is 11.4. The second-order valence-electron chi connectivity index (χ2n) is 8.66. The predicted octanol–water partition coefficient (Wildman–Crippen LogP) is 1.74. The maximum atomic E-state index is 12.0. The van der Waals surface area contributed by atoms with Gasteiger partial charge in [-0.3, -0.25) is 4.79 Å². The molecule has 1 aromatic carbocycles. The van der Waals surface area contributed by atoms with Crippen molar-refractivity contribution < 1.29 is 20.1 Å². The van der Waals surface area contributed by atoms with Crippen LogP contribution in [0, 0.1) is 0 Å². The second kappa shape index (κ2) is 9.55. The number of rotatable bonds is 10. The lowest BCUT2D eigenvalue weighted by Gasteiger charge is -2.28. The molecular formula is C23H31N3O4. The van der Waals surface area contributed by atoms with Crippen molar-refractivity contribution in [3.63, 3.8) is 0 Å². The van der Waals surface area contributed by atoms with Gasteiger partial charge < -0.3 is 26.0 Å². The molecule has 1 aromatic heterocycles. The molecule has 7 nitrogen and oxygen atoms in total. The van der Waals surface area contributed by atoms with Gasteiger partial charge in [-0.2, -0.15) is 0 Å². The van der Waals surface area contributed by atoms with Gasteiger partial charge in [-0.15, -0.1) is 0 Å². The number of aliphatic hydroxyl groups excluding tert-OH is 2. The number of amides is 1. The van der Waals surface area contributed by atoms with Crippen LogP contribution < -0.4 is 10.6 Å². The van der Waals surface area contributed by atoms with Crippen LogP contribution in [0.4, 0.5) is 0 Å². The highest BCUT2D eigenvalue weighted by molar-refractivity contribution is 5.79. The van der Waals surface area contributed by atoms with Crippen molar-refractivity contribution in [3.05, 3.63) is 58.9 Å². The van der Waals surface area contributed by atoms with Crippen LogP contribution in [0.25, 0.3) is 0 Å². The molecule has 162 valence electrons. The van der Waals surface area contributed by atoms with Gasteiger partial charge in [0.15, 0.2) is 0 Å². The maximum absolute atomic E-state index is 12.0. The molecule has 1 aliphatic carbocycles. The summed E-state index contributed by atoms with van der Waals surface area (Å²) in [6.45, 7) is 3.99. The predicted molar refractivity (Wildman–Crippen MR) is 114 cm³/mol. The number of nitrogens with one attached hydrogen (secondary N) is 2. The third kappa shape index (κ3) is 6.52. The molecule has 3 rings (SSSR count). The molecule has 1 amide bonds. The van der Waals surface area contributed by atoms with E-state index < -0.39 is 6.10 Å². The molecule has 1 fully saturated rings. The molecule has 1 aliphatic rings. The van der Waals surface area contributed by atoms with Crippen molar-refractivity contribution >= 4 is 5.91 Å². The number of aromatic hydroxyl groups is 1. The summed E-state index contributed by atoms with van der Waals surface area (Å²) in [5.74, 6) is -0.0220. The quantitative estimate of drug-likeness (QED) is 0.405. The van der Waals surface area contributed by atoms with Crippen LogP contribution in [0.15, 0.2) is 36.4 Å². The summed E-state index contributed by atoms with van der Waals surface area (Å²) in [4.78, 5) is 16.2. The number of carbonyl (C=O) groups is 1. The first kappa shape index (κ1) is 22.2. The number of carbonyl (C=O) groups excluding carboxylic acids is 1. The number of hydrogen-bond donors (Lipinski definition) is 5. The zero-order chi connectivity index (χ0) is 21.7. The highest BCUT2D eigenvalue weighted by Gasteiger charge is 2.24. The molecule has 1 heterocycles. The summed E-state index contributed by atoms with van der Waals surface area (Å²) in [5, 5.41) is 35.7. The Morgan fingerprint density at radius 2 is 1.97 bits per heavy atom. The molecule has 1 atom stereocenters. The Morgan fingerprint density at radius 1 is 1.23 bits per heavy atom. The Balaban J connectivity index is 1.55. The Labute approximate surface area is 177 Å². The Bertz CT molecular complexity index is 881. The van der Waals surface area contributed by atoms with Gasteiger partial charge in [-0.1, -0.05) is 24.3 Å². The van der Waals surface area contributed by atoms with E-state index in [1.165, 1.54) is 6.07 Å². The lowest BCUT2D eigenvalue weighted by molar-refractivity contribution is -0.120. The molecule has 0 radical (unpaired) electrons. The van der Waals surface area contributed by atoms with Gasteiger partial charge in [-0.25, -0.2) is 4.98 Å². The van der Waals surface area contributed by atoms with E-state index in [4.69, 9.17) is 0 Å². The zero-order valence-corrected chi connectivity index (χ0v) is 17.6. The van der Waals surface area contributed by atoms with Gasteiger partial charge >= 0.3 is 0 Å². The van der Waals surface area contributed by atoms with Crippen LogP contribution in [0.5, 0.6) is 5.75 Å². The lowest BCUT2D eigenvalue weighted by Crippen LogP contribution is -2.43. The smallest absolute Gasteiger partial charge is 0.224 e. The molecule has 0 aliphatic heterocycles. The molecule has 5 N–H and O–H groups in total. The van der Waals surface area contributed by atoms with Crippen LogP contribution in [0.1, 0.15) is 55.3 Å². The number of aromatic nitrogens is 1. The van der Waals surface area contributed by atoms with Crippen molar-refractivity contribution in [1.29, 1.82) is 0 Å². The van der Waals surface area contributed by atoms with Crippen LogP contribution in [-0.4, -0.2) is 44.3 Å². The van der Waals surface area contributed by atoms with Gasteiger partial charge in [0, 0.05) is 18.1 Å². The molecule has 30 heavy (non-hydrogen) atoms. The number of pyridine rings is 1. The molecule has 0 spiro atoms. The molecule has 2 aromatic rings. The van der Waals surface area contributed by atoms with Crippen molar-refractivity contribution in [3.8, 4) is 5.75 Å². The third-order valence-electron chi connectivity index (χ3n) is 5.18. The van der Waals surface area contributed by atoms with Crippen molar-refractivity contribution in [2.45, 2.75) is 63.8 Å². The van der Waals surface area contributed by atoms with Crippen molar-refractivity contribution in [2.24, 2.45) is 0 Å². The molecular weight excluding hydrogens is 382 g/mol. The van der Waals surface area contributed by atoms with E-state index in [-0.39, 0.29) is 36.0 Å². The van der Waals surface area contributed by atoms with Gasteiger partial charge in [0.05, 0.1) is 18.7 Å². The molecule has 7 heteroatoms. The van der Waals surface area contributed by atoms with Gasteiger partial charge in [0.25, 0.3) is 0 Å². The topological polar surface area (TPSA) is 115 Å². The Kier molecular flexibility index (Phi) is 7.07.